The van der Waals surface area contributed by atoms with E-state index < -0.39 is 0 Å². The van der Waals surface area contributed by atoms with Crippen molar-refractivity contribution in [1.29, 1.82) is 0 Å². The zero-order valence-electron chi connectivity index (χ0n) is 29.4. The minimum absolute atomic E-state index is 0.0901. The highest BCUT2D eigenvalue weighted by atomic mass is 32.1. The number of para-hydroxylation sites is 7. The smallest absolute Gasteiger partial charge is 0.173 e. The lowest BCUT2D eigenvalue weighted by molar-refractivity contribution is 0.632. The fourth-order valence-electron chi connectivity index (χ4n) is 8.02. The van der Waals surface area contributed by atoms with Crippen LogP contribution in [-0.2, 0) is 5.41 Å². The molecule has 0 amide bonds. The van der Waals surface area contributed by atoms with E-state index in [0.29, 0.717) is 0 Å². The molecule has 3 heterocycles. The first-order valence-electron chi connectivity index (χ1n) is 17.9. The second-order valence-corrected chi connectivity index (χ2v) is 14.8. The van der Waals surface area contributed by atoms with Gasteiger partial charge in [0.1, 0.15) is 5.01 Å². The van der Waals surface area contributed by atoms with Crippen LogP contribution in [0.15, 0.2) is 176 Å². The van der Waals surface area contributed by atoms with Crippen LogP contribution in [0.1, 0.15) is 25.0 Å². The Morgan fingerprint density at radius 2 is 0.868 bits per heavy atom. The Balaban J connectivity index is 0.984. The summed E-state index contributed by atoms with van der Waals surface area (Å²) in [5, 5.41) is 0.893. The van der Waals surface area contributed by atoms with Gasteiger partial charge in [-0.05, 0) is 108 Å². The van der Waals surface area contributed by atoms with Crippen LogP contribution < -0.4 is 14.7 Å². The van der Waals surface area contributed by atoms with Gasteiger partial charge in [-0.25, -0.2) is 4.98 Å². The lowest BCUT2D eigenvalue weighted by Crippen LogP contribution is -2.30. The van der Waals surface area contributed by atoms with Gasteiger partial charge in [0, 0.05) is 33.6 Å². The van der Waals surface area contributed by atoms with Crippen LogP contribution >= 0.6 is 11.5 Å². The summed E-state index contributed by atoms with van der Waals surface area (Å²) in [6.45, 7) is 4.63. The molecular formula is C47H35N5S. The summed E-state index contributed by atoms with van der Waals surface area (Å²) in [6.07, 6.45) is 0. The summed E-state index contributed by atoms with van der Waals surface area (Å²) in [7, 11) is 0. The zero-order chi connectivity index (χ0) is 35.5. The number of nitrogens with zero attached hydrogens (tertiary/aromatic N) is 5. The van der Waals surface area contributed by atoms with Crippen LogP contribution in [0.5, 0.6) is 0 Å². The van der Waals surface area contributed by atoms with Gasteiger partial charge < -0.3 is 14.7 Å². The van der Waals surface area contributed by atoms with Crippen LogP contribution in [0.2, 0.25) is 0 Å². The molecule has 2 aliphatic rings. The lowest BCUT2D eigenvalue weighted by atomic mass is 9.73. The lowest BCUT2D eigenvalue weighted by Gasteiger charge is -2.42. The van der Waals surface area contributed by atoms with Gasteiger partial charge >= 0.3 is 0 Å². The van der Waals surface area contributed by atoms with E-state index in [-0.39, 0.29) is 5.41 Å². The molecule has 0 saturated carbocycles. The van der Waals surface area contributed by atoms with Gasteiger partial charge in [-0.1, -0.05) is 105 Å². The fraction of sp³-hybridized carbons (Fsp3) is 0.0638. The van der Waals surface area contributed by atoms with Crippen molar-refractivity contribution in [2.75, 3.05) is 14.7 Å². The van der Waals surface area contributed by atoms with Gasteiger partial charge in [0.25, 0.3) is 0 Å². The third-order valence-corrected chi connectivity index (χ3v) is 11.3. The first kappa shape index (κ1) is 31.3. The van der Waals surface area contributed by atoms with Crippen LogP contribution in [0.3, 0.4) is 0 Å². The molecule has 6 heteroatoms. The second-order valence-electron chi connectivity index (χ2n) is 14.0. The number of rotatable bonds is 5. The second kappa shape index (κ2) is 12.3. The number of fused-ring (bicyclic) bond motifs is 4. The SMILES string of the molecule is CC1(C)c2ccccc2N(c2ccc(-c3nc(-c4cccc(N5c6ccccc6N(c6ccccc6)c6ccccc65)c4)ns3)cc2)c2ccccc21. The maximum Gasteiger partial charge on any atom is 0.173 e. The quantitative estimate of drug-likeness (QED) is 0.178. The highest BCUT2D eigenvalue weighted by Gasteiger charge is 2.36. The van der Waals surface area contributed by atoms with Gasteiger partial charge in [-0.15, -0.1) is 0 Å². The van der Waals surface area contributed by atoms with Crippen LogP contribution in [0.25, 0.3) is 22.0 Å². The van der Waals surface area contributed by atoms with Crippen molar-refractivity contribution in [2.24, 2.45) is 0 Å². The van der Waals surface area contributed by atoms with E-state index in [4.69, 9.17) is 9.36 Å². The molecule has 0 bridgehead atoms. The number of hydrogen-bond donors (Lipinski definition) is 0. The van der Waals surface area contributed by atoms with Gasteiger partial charge in [0.05, 0.1) is 34.1 Å². The number of anilines is 9. The summed E-state index contributed by atoms with van der Waals surface area (Å²) < 4.78 is 4.87. The van der Waals surface area contributed by atoms with E-state index in [1.807, 2.05) is 0 Å². The summed E-state index contributed by atoms with van der Waals surface area (Å²) in [4.78, 5) is 12.1. The molecule has 8 aromatic rings. The number of aromatic nitrogens is 2. The van der Waals surface area contributed by atoms with Crippen molar-refractivity contribution in [3.63, 3.8) is 0 Å². The molecule has 5 nitrogen and oxygen atoms in total. The highest BCUT2D eigenvalue weighted by molar-refractivity contribution is 7.09. The van der Waals surface area contributed by atoms with Crippen LogP contribution in [0, 0.1) is 0 Å². The average Bonchev–Trinajstić information content (AvgIpc) is 3.71. The molecule has 0 N–H and O–H groups in total. The summed E-state index contributed by atoms with van der Waals surface area (Å²) in [6, 6.07) is 62.6. The zero-order valence-corrected chi connectivity index (χ0v) is 30.2. The van der Waals surface area contributed by atoms with Gasteiger partial charge in [0.15, 0.2) is 5.82 Å². The summed E-state index contributed by atoms with van der Waals surface area (Å²) in [5.74, 6) is 0.724. The third kappa shape index (κ3) is 5.06. The first-order valence-corrected chi connectivity index (χ1v) is 18.7. The Bertz CT molecular complexity index is 2530. The van der Waals surface area contributed by atoms with Crippen molar-refractivity contribution in [2.45, 2.75) is 19.3 Å². The first-order chi connectivity index (χ1) is 26.1. The number of hydrogen-bond acceptors (Lipinski definition) is 6. The highest BCUT2D eigenvalue weighted by Crippen LogP contribution is 2.54. The van der Waals surface area contributed by atoms with Gasteiger partial charge in [0.2, 0.25) is 0 Å². The molecule has 254 valence electrons. The minimum Gasteiger partial charge on any atom is -0.310 e. The molecule has 0 saturated heterocycles. The van der Waals surface area contributed by atoms with Crippen LogP contribution in [0.4, 0.5) is 51.2 Å². The molecule has 0 aliphatic carbocycles. The van der Waals surface area contributed by atoms with Crippen molar-refractivity contribution in [3.05, 3.63) is 187 Å². The molecule has 0 fully saturated rings. The van der Waals surface area contributed by atoms with Crippen molar-refractivity contribution >= 4 is 62.7 Å². The Kier molecular flexibility index (Phi) is 7.27. The topological polar surface area (TPSA) is 35.5 Å². The third-order valence-electron chi connectivity index (χ3n) is 10.5. The molecule has 0 spiro atoms. The minimum atomic E-state index is -0.0901. The average molecular weight is 702 g/mol. The van der Waals surface area contributed by atoms with Crippen LogP contribution in [-0.4, -0.2) is 9.36 Å². The Labute approximate surface area is 313 Å². The normalized spacial score (nSPS) is 13.9. The predicted molar refractivity (Wildman–Crippen MR) is 221 cm³/mol. The molecule has 2 aliphatic heterocycles. The van der Waals surface area contributed by atoms with Crippen molar-refractivity contribution < 1.29 is 0 Å². The molecule has 0 radical (unpaired) electrons. The van der Waals surface area contributed by atoms with E-state index in [1.54, 1.807) is 0 Å². The molecule has 53 heavy (non-hydrogen) atoms. The summed E-state index contributed by atoms with van der Waals surface area (Å²) >= 11 is 1.44. The maximum atomic E-state index is 5.08. The van der Waals surface area contributed by atoms with E-state index in [2.05, 4.69) is 204 Å². The molecular weight excluding hydrogens is 667 g/mol. The molecule has 10 rings (SSSR count). The van der Waals surface area contributed by atoms with Gasteiger partial charge in [-0.2, -0.15) is 4.37 Å². The van der Waals surface area contributed by atoms with E-state index in [9.17, 15) is 0 Å². The Hall–Kier alpha value is -6.50. The number of benzene rings is 7. The monoisotopic (exact) mass is 701 g/mol. The van der Waals surface area contributed by atoms with Crippen molar-refractivity contribution in [1.82, 2.24) is 9.36 Å². The summed E-state index contributed by atoms with van der Waals surface area (Å²) in [5.41, 5.74) is 14.8. The predicted octanol–water partition coefficient (Wildman–Crippen LogP) is 13.2. The van der Waals surface area contributed by atoms with Crippen molar-refractivity contribution in [3.8, 4) is 22.0 Å². The van der Waals surface area contributed by atoms with E-state index in [1.165, 1.54) is 34.0 Å². The molecule has 1 aromatic heterocycles. The standard InChI is InChI=1S/C47H35N5S/c1-47(2)37-19-6-8-21-39(37)50(40-22-9-7-20-38(40)47)35-29-27-32(28-30-35)46-48-45(49-53-46)33-15-14-18-36(31-33)52-43-25-12-10-23-41(43)51(34-16-4-3-5-17-34)42-24-11-13-26-44(42)52/h3-31H,1-2H3. The molecule has 0 unspecified atom stereocenters. The Morgan fingerprint density at radius 1 is 0.415 bits per heavy atom. The van der Waals surface area contributed by atoms with E-state index in [0.717, 1.165) is 61.8 Å². The Morgan fingerprint density at radius 3 is 1.45 bits per heavy atom. The molecule has 0 atom stereocenters. The fourth-order valence-corrected chi connectivity index (χ4v) is 8.71. The maximum absolute atomic E-state index is 5.08. The molecule has 7 aromatic carbocycles. The largest absolute Gasteiger partial charge is 0.310 e. The van der Waals surface area contributed by atoms with Gasteiger partial charge in [-0.3, -0.25) is 0 Å². The van der Waals surface area contributed by atoms with E-state index >= 15 is 0 Å².